The molecule has 0 bridgehead atoms. The molecule has 0 saturated carbocycles. The number of amides is 2. The van der Waals surface area contributed by atoms with Crippen molar-refractivity contribution in [2.75, 3.05) is 13.7 Å². The first-order chi connectivity index (χ1) is 9.51. The number of carbonyl (C=O) groups is 2. The number of aromatic nitrogens is 1. The number of nitrogens with zero attached hydrogens (tertiary/aromatic N) is 1. The van der Waals surface area contributed by atoms with Crippen LogP contribution in [0.5, 0.6) is 5.88 Å². The first-order valence-corrected chi connectivity index (χ1v) is 6.23. The lowest BCUT2D eigenvalue weighted by Crippen LogP contribution is -2.37. The Balaban J connectivity index is 2.30. The standard InChI is InChI=1S/C13H19N3O4/c1-9(5-12(17)18)7-15-13(19)16-8-10-3-4-14-11(6-10)20-2/h3-4,6,9H,5,7-8H2,1-2H3,(H,17,18)(H2,15,16,19). The number of ether oxygens (including phenoxy) is 1. The van der Waals surface area contributed by atoms with Crippen molar-refractivity contribution in [1.82, 2.24) is 15.6 Å². The van der Waals surface area contributed by atoms with Gasteiger partial charge in [-0.1, -0.05) is 6.92 Å². The maximum absolute atomic E-state index is 11.5. The van der Waals surface area contributed by atoms with Gasteiger partial charge in [-0.2, -0.15) is 0 Å². The smallest absolute Gasteiger partial charge is 0.315 e. The molecule has 2 amide bonds. The highest BCUT2D eigenvalue weighted by Crippen LogP contribution is 2.07. The summed E-state index contributed by atoms with van der Waals surface area (Å²) in [7, 11) is 1.52. The van der Waals surface area contributed by atoms with E-state index in [1.807, 2.05) is 0 Å². The minimum absolute atomic E-state index is 0.0296. The maximum atomic E-state index is 11.5. The number of rotatable bonds is 7. The molecule has 1 unspecified atom stereocenters. The molecule has 0 spiro atoms. The lowest BCUT2D eigenvalue weighted by atomic mass is 10.1. The van der Waals surface area contributed by atoms with E-state index < -0.39 is 5.97 Å². The minimum Gasteiger partial charge on any atom is -0.481 e. The van der Waals surface area contributed by atoms with Crippen LogP contribution >= 0.6 is 0 Å². The van der Waals surface area contributed by atoms with Crippen molar-refractivity contribution in [3.05, 3.63) is 23.9 Å². The lowest BCUT2D eigenvalue weighted by molar-refractivity contribution is -0.137. The van der Waals surface area contributed by atoms with Crippen LogP contribution in [-0.4, -0.2) is 35.7 Å². The molecule has 7 heteroatoms. The van der Waals surface area contributed by atoms with Crippen LogP contribution in [-0.2, 0) is 11.3 Å². The quantitative estimate of drug-likeness (QED) is 0.692. The molecule has 1 aromatic heterocycles. The lowest BCUT2D eigenvalue weighted by Gasteiger charge is -2.11. The topological polar surface area (TPSA) is 101 Å². The van der Waals surface area contributed by atoms with E-state index in [2.05, 4.69) is 15.6 Å². The third-order valence-electron chi connectivity index (χ3n) is 2.60. The van der Waals surface area contributed by atoms with E-state index in [1.54, 1.807) is 25.3 Å². The molecule has 0 aliphatic heterocycles. The number of urea groups is 1. The fraction of sp³-hybridized carbons (Fsp3) is 0.462. The van der Waals surface area contributed by atoms with Crippen LogP contribution in [0.25, 0.3) is 0 Å². The number of aliphatic carboxylic acids is 1. The van der Waals surface area contributed by atoms with Gasteiger partial charge in [-0.3, -0.25) is 4.79 Å². The van der Waals surface area contributed by atoms with Crippen LogP contribution in [0.15, 0.2) is 18.3 Å². The van der Waals surface area contributed by atoms with Gasteiger partial charge in [0.15, 0.2) is 0 Å². The van der Waals surface area contributed by atoms with E-state index in [0.717, 1.165) is 5.56 Å². The van der Waals surface area contributed by atoms with Crippen LogP contribution in [0.3, 0.4) is 0 Å². The van der Waals surface area contributed by atoms with Gasteiger partial charge >= 0.3 is 12.0 Å². The number of pyridine rings is 1. The Morgan fingerprint density at radius 2 is 2.20 bits per heavy atom. The third kappa shape index (κ3) is 6.03. The monoisotopic (exact) mass is 281 g/mol. The van der Waals surface area contributed by atoms with Crippen molar-refractivity contribution in [3.63, 3.8) is 0 Å². The summed E-state index contributed by atoms with van der Waals surface area (Å²) < 4.78 is 4.98. The summed E-state index contributed by atoms with van der Waals surface area (Å²) in [6.07, 6.45) is 1.63. The number of hydrogen-bond acceptors (Lipinski definition) is 4. The normalized spacial score (nSPS) is 11.5. The average Bonchev–Trinajstić information content (AvgIpc) is 2.42. The molecule has 1 atom stereocenters. The molecule has 0 fully saturated rings. The summed E-state index contributed by atoms with van der Waals surface area (Å²) in [6.45, 7) is 2.43. The zero-order chi connectivity index (χ0) is 15.0. The Morgan fingerprint density at radius 3 is 2.85 bits per heavy atom. The molecule has 0 aliphatic carbocycles. The van der Waals surface area contributed by atoms with E-state index in [-0.39, 0.29) is 18.4 Å². The molecule has 1 rings (SSSR count). The molecule has 0 saturated heterocycles. The Hall–Kier alpha value is -2.31. The Kier molecular flexibility index (Phi) is 6.28. The van der Waals surface area contributed by atoms with E-state index in [4.69, 9.17) is 9.84 Å². The molecule has 3 N–H and O–H groups in total. The van der Waals surface area contributed by atoms with Gasteiger partial charge in [0.05, 0.1) is 7.11 Å². The molecule has 0 radical (unpaired) electrons. The molecular weight excluding hydrogens is 262 g/mol. The van der Waals surface area contributed by atoms with Crippen molar-refractivity contribution in [2.24, 2.45) is 5.92 Å². The second kappa shape index (κ2) is 7.98. The van der Waals surface area contributed by atoms with Gasteiger partial charge in [-0.05, 0) is 17.5 Å². The molecule has 110 valence electrons. The summed E-state index contributed by atoms with van der Waals surface area (Å²) >= 11 is 0. The fourth-order valence-corrected chi connectivity index (χ4v) is 1.55. The van der Waals surface area contributed by atoms with E-state index in [1.165, 1.54) is 7.11 Å². The second-order valence-corrected chi connectivity index (χ2v) is 4.47. The summed E-state index contributed by atoms with van der Waals surface area (Å²) in [5.41, 5.74) is 0.866. The van der Waals surface area contributed by atoms with Gasteiger partial charge in [0.25, 0.3) is 0 Å². The first-order valence-electron chi connectivity index (χ1n) is 6.23. The van der Waals surface area contributed by atoms with Crippen molar-refractivity contribution < 1.29 is 19.4 Å². The number of carboxylic acids is 1. The number of nitrogens with one attached hydrogen (secondary N) is 2. The van der Waals surface area contributed by atoms with Gasteiger partial charge in [-0.25, -0.2) is 9.78 Å². The van der Waals surface area contributed by atoms with Gasteiger partial charge in [-0.15, -0.1) is 0 Å². The van der Waals surface area contributed by atoms with Gasteiger partial charge in [0.2, 0.25) is 5.88 Å². The van der Waals surface area contributed by atoms with Gasteiger partial charge in [0.1, 0.15) is 0 Å². The predicted octanol–water partition coefficient (Wildman–Crippen LogP) is 1.00. The van der Waals surface area contributed by atoms with Crippen molar-refractivity contribution in [2.45, 2.75) is 19.9 Å². The molecule has 1 heterocycles. The minimum atomic E-state index is -0.872. The highest BCUT2D eigenvalue weighted by molar-refractivity contribution is 5.74. The zero-order valence-corrected chi connectivity index (χ0v) is 11.5. The van der Waals surface area contributed by atoms with Crippen LogP contribution in [0.1, 0.15) is 18.9 Å². The molecule has 1 aromatic rings. The zero-order valence-electron chi connectivity index (χ0n) is 11.5. The van der Waals surface area contributed by atoms with Gasteiger partial charge in [0, 0.05) is 31.8 Å². The highest BCUT2D eigenvalue weighted by Gasteiger charge is 2.09. The molecule has 7 nitrogen and oxygen atoms in total. The Morgan fingerprint density at radius 1 is 1.45 bits per heavy atom. The van der Waals surface area contributed by atoms with E-state index in [9.17, 15) is 9.59 Å². The maximum Gasteiger partial charge on any atom is 0.315 e. The summed E-state index contributed by atoms with van der Waals surface area (Å²) in [4.78, 5) is 26.0. The third-order valence-corrected chi connectivity index (χ3v) is 2.60. The number of hydrogen-bond donors (Lipinski definition) is 3. The Labute approximate surface area is 117 Å². The molecule has 20 heavy (non-hydrogen) atoms. The molecule has 0 aromatic carbocycles. The predicted molar refractivity (Wildman–Crippen MR) is 72.4 cm³/mol. The number of carboxylic acid groups (broad SMARTS) is 1. The van der Waals surface area contributed by atoms with Gasteiger partial charge < -0.3 is 20.5 Å². The second-order valence-electron chi connectivity index (χ2n) is 4.47. The average molecular weight is 281 g/mol. The van der Waals surface area contributed by atoms with Crippen molar-refractivity contribution >= 4 is 12.0 Å². The summed E-state index contributed by atoms with van der Waals surface area (Å²) in [5.74, 6) is -0.498. The number of methoxy groups -OCH3 is 1. The summed E-state index contributed by atoms with van der Waals surface area (Å²) in [5, 5.41) is 13.9. The van der Waals surface area contributed by atoms with Crippen LogP contribution in [0, 0.1) is 5.92 Å². The fourth-order valence-electron chi connectivity index (χ4n) is 1.55. The van der Waals surface area contributed by atoms with Crippen LogP contribution < -0.4 is 15.4 Å². The van der Waals surface area contributed by atoms with E-state index in [0.29, 0.717) is 19.0 Å². The number of carbonyl (C=O) groups excluding carboxylic acids is 1. The molecular formula is C13H19N3O4. The largest absolute Gasteiger partial charge is 0.481 e. The molecule has 0 aliphatic rings. The van der Waals surface area contributed by atoms with Crippen LogP contribution in [0.4, 0.5) is 4.79 Å². The Bertz CT molecular complexity index is 465. The first kappa shape index (κ1) is 15.7. The van der Waals surface area contributed by atoms with Crippen molar-refractivity contribution in [1.29, 1.82) is 0 Å². The van der Waals surface area contributed by atoms with E-state index >= 15 is 0 Å². The van der Waals surface area contributed by atoms with Crippen LogP contribution in [0.2, 0.25) is 0 Å². The SMILES string of the molecule is COc1cc(CNC(=O)NCC(C)CC(=O)O)ccn1. The highest BCUT2D eigenvalue weighted by atomic mass is 16.5. The summed E-state index contributed by atoms with van der Waals surface area (Å²) in [6, 6.07) is 3.17. The van der Waals surface area contributed by atoms with Crippen molar-refractivity contribution in [3.8, 4) is 5.88 Å².